The Morgan fingerprint density at radius 2 is 1.17 bits per heavy atom. The van der Waals surface area contributed by atoms with Crippen LogP contribution in [-0.2, 0) is 10.2 Å². The van der Waals surface area contributed by atoms with Crippen LogP contribution in [0.1, 0.15) is 16.7 Å². The average Bonchev–Trinajstić information content (AvgIpc) is 2.64. The van der Waals surface area contributed by atoms with Crippen molar-refractivity contribution in [3.8, 4) is 5.75 Å². The van der Waals surface area contributed by atoms with Gasteiger partial charge in [-0.15, -0.1) is 0 Å². The van der Waals surface area contributed by atoms with Gasteiger partial charge in [-0.1, -0.05) is 72.8 Å². The molecule has 0 spiro atoms. The lowest BCUT2D eigenvalue weighted by Gasteiger charge is -2.31. The summed E-state index contributed by atoms with van der Waals surface area (Å²) in [5.41, 5.74) is 0.852. The molecule has 0 amide bonds. The van der Waals surface area contributed by atoms with Crippen molar-refractivity contribution in [3.05, 3.63) is 102 Å². The van der Waals surface area contributed by atoms with E-state index in [4.69, 9.17) is 4.74 Å². The number of hydrogen-bond donors (Lipinski definition) is 1. The third kappa shape index (κ3) is 2.54. The normalized spacial score (nSPS) is 11.0. The van der Waals surface area contributed by atoms with Gasteiger partial charge in [0, 0.05) is 0 Å². The molecule has 0 bridgehead atoms. The number of hydrogen-bond acceptors (Lipinski definition) is 2. The summed E-state index contributed by atoms with van der Waals surface area (Å²) < 4.78 is 5.21. The minimum Gasteiger partial charge on any atom is -0.497 e. The smallest absolute Gasteiger partial charge is 0.323 e. The van der Waals surface area contributed by atoms with Gasteiger partial charge in [0.05, 0.1) is 7.11 Å². The van der Waals surface area contributed by atoms with Crippen LogP contribution in [0.25, 0.3) is 0 Å². The van der Waals surface area contributed by atoms with Gasteiger partial charge in [-0.25, -0.2) is 0 Å². The molecule has 1 N–H and O–H groups in total. The highest BCUT2D eigenvalue weighted by Crippen LogP contribution is 2.40. The van der Waals surface area contributed by atoms with E-state index in [0.717, 1.165) is 0 Å². The summed E-state index contributed by atoms with van der Waals surface area (Å²) in [5, 5.41) is 10.3. The highest BCUT2D eigenvalue weighted by atomic mass is 16.5. The molecule has 0 fully saturated rings. The Morgan fingerprint density at radius 1 is 0.750 bits per heavy atom. The van der Waals surface area contributed by atoms with Crippen LogP contribution in [0.5, 0.6) is 5.75 Å². The summed E-state index contributed by atoms with van der Waals surface area (Å²) in [7, 11) is 1.59. The fraction of sp³-hybridized carbons (Fsp3) is 0.0952. The van der Waals surface area contributed by atoms with E-state index in [-0.39, 0.29) is 0 Å². The second-order valence-electron chi connectivity index (χ2n) is 5.52. The van der Waals surface area contributed by atoms with Gasteiger partial charge in [0.1, 0.15) is 11.2 Å². The van der Waals surface area contributed by atoms with Crippen LogP contribution >= 0.6 is 0 Å². The second kappa shape index (κ2) is 6.59. The van der Waals surface area contributed by atoms with E-state index >= 15 is 0 Å². The minimum absolute atomic E-state index is 0.688. The number of carboxylic acids is 1. The lowest BCUT2D eigenvalue weighted by atomic mass is 9.69. The number of carboxylic acid groups (broad SMARTS) is 1. The van der Waals surface area contributed by atoms with Gasteiger partial charge in [0.15, 0.2) is 0 Å². The molecule has 0 saturated carbocycles. The van der Waals surface area contributed by atoms with Crippen LogP contribution in [0.4, 0.5) is 0 Å². The molecule has 0 aliphatic rings. The summed E-state index contributed by atoms with van der Waals surface area (Å²) in [4.78, 5) is 12.5. The molecule has 120 valence electrons. The van der Waals surface area contributed by atoms with Gasteiger partial charge < -0.3 is 9.84 Å². The van der Waals surface area contributed by atoms with Crippen molar-refractivity contribution < 1.29 is 14.6 Å². The first-order valence-electron chi connectivity index (χ1n) is 7.68. The SMILES string of the molecule is COc1ccc(C(C(=O)O)(c2ccccc2)c2ccccc2)cc1. The van der Waals surface area contributed by atoms with Crippen molar-refractivity contribution in [3.63, 3.8) is 0 Å². The molecule has 0 unspecified atom stereocenters. The summed E-state index contributed by atoms with van der Waals surface area (Å²) in [6, 6.07) is 25.8. The van der Waals surface area contributed by atoms with Gasteiger partial charge in [0.25, 0.3) is 0 Å². The Hall–Kier alpha value is -3.07. The minimum atomic E-state index is -1.27. The number of benzene rings is 3. The number of methoxy groups -OCH3 is 1. The zero-order valence-corrected chi connectivity index (χ0v) is 13.3. The van der Waals surface area contributed by atoms with E-state index in [2.05, 4.69) is 0 Å². The zero-order valence-electron chi connectivity index (χ0n) is 13.3. The van der Waals surface area contributed by atoms with Crippen LogP contribution in [0, 0.1) is 0 Å². The maximum Gasteiger partial charge on any atom is 0.323 e. The average molecular weight is 318 g/mol. The molecule has 3 nitrogen and oxygen atoms in total. The summed E-state index contributed by atoms with van der Waals surface area (Å²) in [6.07, 6.45) is 0. The molecule has 3 aromatic rings. The Bertz CT molecular complexity index is 769. The fourth-order valence-corrected chi connectivity index (χ4v) is 3.09. The number of carbonyl (C=O) groups is 1. The standard InChI is InChI=1S/C21H18O3/c1-24-19-14-12-18(13-15-19)21(20(22)23,16-8-4-2-5-9-16)17-10-6-3-7-11-17/h2-15H,1H3,(H,22,23). The molecule has 24 heavy (non-hydrogen) atoms. The fourth-order valence-electron chi connectivity index (χ4n) is 3.09. The maximum atomic E-state index is 12.5. The summed E-state index contributed by atoms with van der Waals surface area (Å²) in [5.74, 6) is -0.218. The Balaban J connectivity index is 2.32. The molecule has 3 heteroatoms. The van der Waals surface area contributed by atoms with Crippen molar-refractivity contribution in [1.82, 2.24) is 0 Å². The molecule has 0 radical (unpaired) electrons. The Kier molecular flexibility index (Phi) is 4.34. The lowest BCUT2D eigenvalue weighted by Crippen LogP contribution is -2.38. The van der Waals surface area contributed by atoms with E-state index in [1.54, 1.807) is 19.2 Å². The van der Waals surface area contributed by atoms with Gasteiger partial charge >= 0.3 is 5.97 Å². The topological polar surface area (TPSA) is 46.5 Å². The van der Waals surface area contributed by atoms with Crippen LogP contribution < -0.4 is 4.74 Å². The monoisotopic (exact) mass is 318 g/mol. The molecular formula is C21H18O3. The van der Waals surface area contributed by atoms with Crippen LogP contribution in [0.2, 0.25) is 0 Å². The molecule has 0 heterocycles. The molecular weight excluding hydrogens is 300 g/mol. The molecule has 3 aromatic carbocycles. The van der Waals surface area contributed by atoms with Crippen molar-refractivity contribution in [2.75, 3.05) is 7.11 Å². The van der Waals surface area contributed by atoms with Crippen LogP contribution in [0.3, 0.4) is 0 Å². The molecule has 0 aromatic heterocycles. The van der Waals surface area contributed by atoms with Crippen molar-refractivity contribution in [1.29, 1.82) is 0 Å². The maximum absolute atomic E-state index is 12.5. The molecule has 0 saturated heterocycles. The number of ether oxygens (including phenoxy) is 1. The largest absolute Gasteiger partial charge is 0.497 e. The first kappa shape index (κ1) is 15.8. The quantitative estimate of drug-likeness (QED) is 0.720. The summed E-state index contributed by atoms with van der Waals surface area (Å²) >= 11 is 0. The van der Waals surface area contributed by atoms with E-state index in [1.807, 2.05) is 72.8 Å². The van der Waals surface area contributed by atoms with Crippen LogP contribution in [0.15, 0.2) is 84.9 Å². The van der Waals surface area contributed by atoms with E-state index < -0.39 is 11.4 Å². The lowest BCUT2D eigenvalue weighted by molar-refractivity contribution is -0.140. The molecule has 0 aliphatic carbocycles. The van der Waals surface area contributed by atoms with E-state index in [1.165, 1.54) is 0 Å². The predicted molar refractivity (Wildman–Crippen MR) is 93.4 cm³/mol. The highest BCUT2D eigenvalue weighted by molar-refractivity contribution is 5.90. The van der Waals surface area contributed by atoms with Gasteiger partial charge in [0.2, 0.25) is 0 Å². The highest BCUT2D eigenvalue weighted by Gasteiger charge is 2.43. The van der Waals surface area contributed by atoms with Gasteiger partial charge in [-0.05, 0) is 28.8 Å². The van der Waals surface area contributed by atoms with E-state index in [9.17, 15) is 9.90 Å². The van der Waals surface area contributed by atoms with Gasteiger partial charge in [-0.3, -0.25) is 4.79 Å². The molecule has 0 atom stereocenters. The van der Waals surface area contributed by atoms with Crippen molar-refractivity contribution in [2.45, 2.75) is 5.41 Å². The second-order valence-corrected chi connectivity index (χ2v) is 5.52. The predicted octanol–water partition coefficient (Wildman–Crippen LogP) is 4.11. The number of rotatable bonds is 5. The van der Waals surface area contributed by atoms with Crippen LogP contribution in [-0.4, -0.2) is 18.2 Å². The third-order valence-corrected chi connectivity index (χ3v) is 4.26. The molecule has 3 rings (SSSR count). The Morgan fingerprint density at radius 3 is 1.54 bits per heavy atom. The number of aliphatic carboxylic acids is 1. The summed E-state index contributed by atoms with van der Waals surface area (Å²) in [6.45, 7) is 0. The van der Waals surface area contributed by atoms with Gasteiger partial charge in [-0.2, -0.15) is 0 Å². The van der Waals surface area contributed by atoms with Crippen molar-refractivity contribution in [2.24, 2.45) is 0 Å². The first-order chi connectivity index (χ1) is 11.7. The first-order valence-corrected chi connectivity index (χ1v) is 7.68. The molecule has 0 aliphatic heterocycles. The van der Waals surface area contributed by atoms with E-state index in [0.29, 0.717) is 22.4 Å². The third-order valence-electron chi connectivity index (χ3n) is 4.26. The Labute approximate surface area is 141 Å². The zero-order chi connectivity index (χ0) is 17.0. The van der Waals surface area contributed by atoms with Crippen molar-refractivity contribution >= 4 is 5.97 Å².